The second-order valence-corrected chi connectivity index (χ2v) is 5.93. The summed E-state index contributed by atoms with van der Waals surface area (Å²) >= 11 is 8.49. The zero-order chi connectivity index (χ0) is 17.5. The molecule has 0 heterocycles. The minimum absolute atomic E-state index is 0.270. The van der Waals surface area contributed by atoms with E-state index in [-0.39, 0.29) is 11.0 Å². The summed E-state index contributed by atoms with van der Waals surface area (Å²) in [6.07, 6.45) is 0. The molecule has 0 aliphatic carbocycles. The molecule has 0 bridgehead atoms. The smallest absolute Gasteiger partial charge is 0.269 e. The number of methoxy groups -OCH3 is 2. The Hall–Kier alpha value is -2.32. The van der Waals surface area contributed by atoms with Crippen molar-refractivity contribution in [1.82, 2.24) is 10.9 Å². The van der Waals surface area contributed by atoms with Gasteiger partial charge >= 0.3 is 0 Å². The van der Waals surface area contributed by atoms with Gasteiger partial charge in [0, 0.05) is 15.7 Å². The number of amides is 1. The second kappa shape index (κ2) is 8.51. The molecule has 0 fully saturated rings. The van der Waals surface area contributed by atoms with Gasteiger partial charge in [0.2, 0.25) is 0 Å². The van der Waals surface area contributed by atoms with Gasteiger partial charge < -0.3 is 14.8 Å². The number of hydrazine groups is 1. The minimum atomic E-state index is -0.351. The van der Waals surface area contributed by atoms with Crippen molar-refractivity contribution in [2.24, 2.45) is 0 Å². The fourth-order valence-electron chi connectivity index (χ4n) is 1.86. The van der Waals surface area contributed by atoms with Crippen LogP contribution in [0.5, 0.6) is 11.5 Å². The Morgan fingerprint density at radius 3 is 2.29 bits per heavy atom. The number of anilines is 1. The third-order valence-corrected chi connectivity index (χ3v) is 3.77. The zero-order valence-electron chi connectivity index (χ0n) is 13.1. The van der Waals surface area contributed by atoms with Crippen LogP contribution in [-0.2, 0) is 0 Å². The molecule has 0 atom stereocenters. The Morgan fingerprint density at radius 2 is 1.67 bits per heavy atom. The van der Waals surface area contributed by atoms with Gasteiger partial charge in [0.25, 0.3) is 5.91 Å². The molecule has 0 saturated heterocycles. The average Bonchev–Trinajstić information content (AvgIpc) is 2.61. The lowest BCUT2D eigenvalue weighted by atomic mass is 10.2. The van der Waals surface area contributed by atoms with Crippen LogP contribution in [0.3, 0.4) is 0 Å². The van der Waals surface area contributed by atoms with Crippen LogP contribution in [0.1, 0.15) is 10.4 Å². The monoisotopic (exact) mass is 409 g/mol. The molecule has 0 aliphatic rings. The number of hydrogen-bond donors (Lipinski definition) is 3. The van der Waals surface area contributed by atoms with E-state index < -0.39 is 0 Å². The molecule has 1 amide bonds. The first-order valence-electron chi connectivity index (χ1n) is 6.88. The van der Waals surface area contributed by atoms with Crippen molar-refractivity contribution in [3.63, 3.8) is 0 Å². The number of carbonyl (C=O) groups is 1. The molecule has 2 rings (SSSR count). The van der Waals surface area contributed by atoms with E-state index in [9.17, 15) is 4.79 Å². The molecule has 0 radical (unpaired) electrons. The number of thiocarbonyl (C=S) groups is 1. The third-order valence-electron chi connectivity index (χ3n) is 3.04. The topological polar surface area (TPSA) is 71.6 Å². The van der Waals surface area contributed by atoms with E-state index in [0.717, 1.165) is 10.2 Å². The molecule has 8 heteroatoms. The number of carbonyl (C=O) groups excluding carboxylic acids is 1. The first-order valence-corrected chi connectivity index (χ1v) is 8.08. The van der Waals surface area contributed by atoms with Gasteiger partial charge in [0.05, 0.1) is 14.2 Å². The van der Waals surface area contributed by atoms with Crippen molar-refractivity contribution in [2.75, 3.05) is 19.5 Å². The molecule has 0 saturated carbocycles. The largest absolute Gasteiger partial charge is 0.493 e. The quantitative estimate of drug-likeness (QED) is 0.532. The average molecular weight is 410 g/mol. The van der Waals surface area contributed by atoms with Crippen LogP contribution in [0.2, 0.25) is 0 Å². The summed E-state index contributed by atoms with van der Waals surface area (Å²) in [5.41, 5.74) is 6.38. The van der Waals surface area contributed by atoms with Crippen molar-refractivity contribution in [3.8, 4) is 11.5 Å². The summed E-state index contributed by atoms with van der Waals surface area (Å²) < 4.78 is 11.3. The predicted molar refractivity (Wildman–Crippen MR) is 101 cm³/mol. The summed E-state index contributed by atoms with van der Waals surface area (Å²) in [5.74, 6) is 0.672. The van der Waals surface area contributed by atoms with Crippen LogP contribution in [-0.4, -0.2) is 25.2 Å². The van der Waals surface area contributed by atoms with Crippen molar-refractivity contribution in [2.45, 2.75) is 0 Å². The molecular formula is C16H16BrN3O3S. The Morgan fingerprint density at radius 1 is 1.00 bits per heavy atom. The highest BCUT2D eigenvalue weighted by Gasteiger charge is 2.10. The molecule has 24 heavy (non-hydrogen) atoms. The molecule has 6 nitrogen and oxygen atoms in total. The number of benzene rings is 2. The van der Waals surface area contributed by atoms with Gasteiger partial charge in [-0.15, -0.1) is 0 Å². The van der Waals surface area contributed by atoms with Crippen LogP contribution >= 0.6 is 28.1 Å². The van der Waals surface area contributed by atoms with Crippen LogP contribution < -0.4 is 25.6 Å². The van der Waals surface area contributed by atoms with E-state index in [2.05, 4.69) is 32.1 Å². The SMILES string of the molecule is COc1ccc(C(=O)NNC(=S)Nc2ccc(Br)cc2)cc1OC. The van der Waals surface area contributed by atoms with E-state index in [1.54, 1.807) is 18.2 Å². The molecule has 0 aliphatic heterocycles. The maximum atomic E-state index is 12.2. The number of ether oxygens (including phenoxy) is 2. The number of halogens is 1. The summed E-state index contributed by atoms with van der Waals surface area (Å²) in [4.78, 5) is 12.2. The summed E-state index contributed by atoms with van der Waals surface area (Å²) in [6, 6.07) is 12.3. The fourth-order valence-corrected chi connectivity index (χ4v) is 2.29. The lowest BCUT2D eigenvalue weighted by Crippen LogP contribution is -2.43. The summed E-state index contributed by atoms with van der Waals surface area (Å²) in [6.45, 7) is 0. The lowest BCUT2D eigenvalue weighted by Gasteiger charge is -2.13. The van der Waals surface area contributed by atoms with Gasteiger partial charge in [-0.3, -0.25) is 15.6 Å². The van der Waals surface area contributed by atoms with E-state index in [0.29, 0.717) is 17.1 Å². The van der Waals surface area contributed by atoms with Gasteiger partial charge in [0.1, 0.15) is 0 Å². The van der Waals surface area contributed by atoms with Crippen LogP contribution in [0.4, 0.5) is 5.69 Å². The maximum Gasteiger partial charge on any atom is 0.269 e. The molecule has 3 N–H and O–H groups in total. The van der Waals surface area contributed by atoms with Crippen molar-refractivity contribution < 1.29 is 14.3 Å². The molecule has 126 valence electrons. The van der Waals surface area contributed by atoms with E-state index in [1.165, 1.54) is 14.2 Å². The molecule has 0 spiro atoms. The summed E-state index contributed by atoms with van der Waals surface area (Å²) in [5, 5.41) is 3.23. The highest BCUT2D eigenvalue weighted by Crippen LogP contribution is 2.27. The number of nitrogens with one attached hydrogen (secondary N) is 3. The normalized spacial score (nSPS) is 9.79. The fraction of sp³-hybridized carbons (Fsp3) is 0.125. The molecule has 2 aromatic rings. The Balaban J connectivity index is 1.92. The second-order valence-electron chi connectivity index (χ2n) is 4.61. The van der Waals surface area contributed by atoms with E-state index in [4.69, 9.17) is 21.7 Å². The number of rotatable bonds is 4. The Kier molecular flexibility index (Phi) is 6.39. The predicted octanol–water partition coefficient (Wildman–Crippen LogP) is 3.10. The number of hydrogen-bond acceptors (Lipinski definition) is 4. The first-order chi connectivity index (χ1) is 11.5. The Bertz CT molecular complexity index is 738. The maximum absolute atomic E-state index is 12.2. The van der Waals surface area contributed by atoms with E-state index in [1.807, 2.05) is 24.3 Å². The first kappa shape index (κ1) is 18.0. The lowest BCUT2D eigenvalue weighted by molar-refractivity contribution is 0.0944. The van der Waals surface area contributed by atoms with Gasteiger partial charge in [0.15, 0.2) is 16.6 Å². The van der Waals surface area contributed by atoms with Crippen LogP contribution in [0.25, 0.3) is 0 Å². The van der Waals surface area contributed by atoms with Crippen molar-refractivity contribution >= 4 is 44.9 Å². The van der Waals surface area contributed by atoms with Gasteiger partial charge in [-0.1, -0.05) is 15.9 Å². The van der Waals surface area contributed by atoms with Gasteiger partial charge in [-0.25, -0.2) is 0 Å². The molecule has 0 unspecified atom stereocenters. The summed E-state index contributed by atoms with van der Waals surface area (Å²) in [7, 11) is 3.04. The zero-order valence-corrected chi connectivity index (χ0v) is 15.5. The standard InChI is InChI=1S/C16H16BrN3O3S/c1-22-13-8-3-10(9-14(13)23-2)15(21)19-20-16(24)18-12-6-4-11(17)5-7-12/h3-9H,1-2H3,(H,19,21)(H2,18,20,24). The highest BCUT2D eigenvalue weighted by atomic mass is 79.9. The molecule has 2 aromatic carbocycles. The van der Waals surface area contributed by atoms with Crippen molar-refractivity contribution in [1.29, 1.82) is 0 Å². The van der Waals surface area contributed by atoms with Gasteiger partial charge in [-0.2, -0.15) is 0 Å². The Labute approximate surface area is 153 Å². The molecular weight excluding hydrogens is 394 g/mol. The van der Waals surface area contributed by atoms with Crippen LogP contribution in [0.15, 0.2) is 46.9 Å². The van der Waals surface area contributed by atoms with E-state index >= 15 is 0 Å². The third kappa shape index (κ3) is 4.84. The minimum Gasteiger partial charge on any atom is -0.493 e. The molecule has 0 aromatic heterocycles. The van der Waals surface area contributed by atoms with Gasteiger partial charge in [-0.05, 0) is 54.7 Å². The van der Waals surface area contributed by atoms with Crippen LogP contribution in [0, 0.1) is 0 Å². The highest BCUT2D eigenvalue weighted by molar-refractivity contribution is 9.10. The van der Waals surface area contributed by atoms with Crippen molar-refractivity contribution in [3.05, 3.63) is 52.5 Å².